The molecule has 21 heavy (non-hydrogen) atoms. The number of fused-ring (bicyclic) bond motifs is 1. The lowest BCUT2D eigenvalue weighted by Crippen LogP contribution is -2.42. The molecular weight excluding hydrogens is 268 g/mol. The van der Waals surface area contributed by atoms with Gasteiger partial charge in [0.2, 0.25) is 0 Å². The monoisotopic (exact) mass is 288 g/mol. The fourth-order valence-electron chi connectivity index (χ4n) is 2.59. The number of likely N-dealkylation sites (N-methyl/N-ethyl adjacent to an activating group) is 1. The summed E-state index contributed by atoms with van der Waals surface area (Å²) in [6.07, 6.45) is 1.80. The van der Waals surface area contributed by atoms with Gasteiger partial charge in [0, 0.05) is 18.7 Å². The molecule has 2 atom stereocenters. The van der Waals surface area contributed by atoms with Crippen LogP contribution in [0.15, 0.2) is 18.2 Å². The Balaban J connectivity index is 1.85. The predicted octanol–water partition coefficient (Wildman–Crippen LogP) is 1.75. The van der Waals surface area contributed by atoms with Crippen molar-refractivity contribution in [2.75, 3.05) is 11.9 Å². The summed E-state index contributed by atoms with van der Waals surface area (Å²) in [5, 5.41) is 3.30. The molecule has 112 valence electrons. The first-order valence-electron chi connectivity index (χ1n) is 7.36. The van der Waals surface area contributed by atoms with Gasteiger partial charge in [0.25, 0.3) is 5.91 Å². The summed E-state index contributed by atoms with van der Waals surface area (Å²) >= 11 is 0. The molecule has 1 aromatic rings. The molecule has 5 heteroatoms. The number of benzene rings is 1. The number of hydrogen-bond donors (Lipinski definition) is 1. The minimum atomic E-state index is -0.487. The molecule has 0 aromatic heterocycles. The topological polar surface area (TPSA) is 58.6 Å². The van der Waals surface area contributed by atoms with Crippen molar-refractivity contribution >= 4 is 17.4 Å². The van der Waals surface area contributed by atoms with E-state index in [2.05, 4.69) is 5.32 Å². The van der Waals surface area contributed by atoms with Crippen LogP contribution in [0.3, 0.4) is 0 Å². The molecule has 2 unspecified atom stereocenters. The second kappa shape index (κ2) is 5.15. The maximum absolute atomic E-state index is 12.4. The fourth-order valence-corrected chi connectivity index (χ4v) is 2.59. The zero-order valence-corrected chi connectivity index (χ0v) is 12.6. The SMILES string of the molecule is CC(NC1CC1)C(=O)c1ccc2c(c1)N(C)C(=O)C(C)O2. The van der Waals surface area contributed by atoms with Crippen LogP contribution in [0.5, 0.6) is 5.75 Å². The van der Waals surface area contributed by atoms with E-state index in [4.69, 9.17) is 4.74 Å². The maximum Gasteiger partial charge on any atom is 0.267 e. The van der Waals surface area contributed by atoms with E-state index in [-0.39, 0.29) is 17.7 Å². The van der Waals surface area contributed by atoms with E-state index in [1.165, 1.54) is 0 Å². The lowest BCUT2D eigenvalue weighted by Gasteiger charge is -2.30. The summed E-state index contributed by atoms with van der Waals surface area (Å²) in [6, 6.07) is 5.55. The number of nitrogens with one attached hydrogen (secondary N) is 1. The zero-order chi connectivity index (χ0) is 15.1. The van der Waals surface area contributed by atoms with E-state index < -0.39 is 6.10 Å². The molecule has 0 radical (unpaired) electrons. The Morgan fingerprint density at radius 2 is 2.14 bits per heavy atom. The number of ketones is 1. The summed E-state index contributed by atoms with van der Waals surface area (Å²) in [4.78, 5) is 26.0. The van der Waals surface area contributed by atoms with Crippen LogP contribution in [-0.2, 0) is 4.79 Å². The highest BCUT2D eigenvalue weighted by Gasteiger charge is 2.31. The average molecular weight is 288 g/mol. The first-order chi connectivity index (χ1) is 9.97. The number of hydrogen-bond acceptors (Lipinski definition) is 4. The predicted molar refractivity (Wildman–Crippen MR) is 79.9 cm³/mol. The van der Waals surface area contributed by atoms with Gasteiger partial charge >= 0.3 is 0 Å². The number of nitrogens with zero attached hydrogens (tertiary/aromatic N) is 1. The number of anilines is 1. The van der Waals surface area contributed by atoms with Crippen LogP contribution in [0, 0.1) is 0 Å². The molecule has 1 heterocycles. The largest absolute Gasteiger partial charge is 0.479 e. The molecule has 0 bridgehead atoms. The number of carbonyl (C=O) groups excluding carboxylic acids is 2. The van der Waals surface area contributed by atoms with Crippen LogP contribution in [0.1, 0.15) is 37.0 Å². The Morgan fingerprint density at radius 3 is 2.81 bits per heavy atom. The normalized spacial score (nSPS) is 22.5. The molecule has 1 aromatic carbocycles. The Labute approximate surface area is 124 Å². The molecule has 1 aliphatic heterocycles. The smallest absolute Gasteiger partial charge is 0.267 e. The van der Waals surface area contributed by atoms with Crippen molar-refractivity contribution in [3.8, 4) is 5.75 Å². The second-order valence-corrected chi connectivity index (χ2v) is 5.87. The van der Waals surface area contributed by atoms with Crippen LogP contribution in [-0.4, -0.2) is 36.9 Å². The van der Waals surface area contributed by atoms with Crippen LogP contribution in [0.4, 0.5) is 5.69 Å². The molecule has 1 saturated carbocycles. The Bertz CT molecular complexity index is 595. The van der Waals surface area contributed by atoms with Crippen molar-refractivity contribution in [2.24, 2.45) is 0 Å². The molecule has 1 N–H and O–H groups in total. The van der Waals surface area contributed by atoms with Gasteiger partial charge in [-0.3, -0.25) is 9.59 Å². The van der Waals surface area contributed by atoms with Crippen LogP contribution in [0.2, 0.25) is 0 Å². The molecule has 2 aliphatic rings. The first kappa shape index (κ1) is 14.1. The Kier molecular flexibility index (Phi) is 3.45. The van der Waals surface area contributed by atoms with Gasteiger partial charge in [0.15, 0.2) is 11.9 Å². The van der Waals surface area contributed by atoms with Gasteiger partial charge in [0.05, 0.1) is 11.7 Å². The van der Waals surface area contributed by atoms with Gasteiger partial charge < -0.3 is 15.0 Å². The highest BCUT2D eigenvalue weighted by molar-refractivity contribution is 6.04. The molecule has 0 saturated heterocycles. The van der Waals surface area contributed by atoms with E-state index in [0.29, 0.717) is 23.0 Å². The van der Waals surface area contributed by atoms with E-state index in [1.807, 2.05) is 6.92 Å². The van der Waals surface area contributed by atoms with Crippen molar-refractivity contribution in [3.63, 3.8) is 0 Å². The van der Waals surface area contributed by atoms with E-state index in [0.717, 1.165) is 12.8 Å². The number of amides is 1. The highest BCUT2D eigenvalue weighted by Crippen LogP contribution is 2.34. The average Bonchev–Trinajstić information content (AvgIpc) is 3.28. The van der Waals surface area contributed by atoms with Gasteiger partial charge in [-0.1, -0.05) is 0 Å². The van der Waals surface area contributed by atoms with Gasteiger partial charge in [-0.05, 0) is 44.9 Å². The fraction of sp³-hybridized carbons (Fsp3) is 0.500. The lowest BCUT2D eigenvalue weighted by molar-refractivity contribution is -0.125. The minimum absolute atomic E-state index is 0.0455. The summed E-state index contributed by atoms with van der Waals surface area (Å²) in [7, 11) is 1.71. The van der Waals surface area contributed by atoms with Gasteiger partial charge in [0.1, 0.15) is 5.75 Å². The van der Waals surface area contributed by atoms with Crippen molar-refractivity contribution in [2.45, 2.75) is 44.9 Å². The number of rotatable bonds is 4. The van der Waals surface area contributed by atoms with Crippen molar-refractivity contribution in [1.29, 1.82) is 0 Å². The van der Waals surface area contributed by atoms with Crippen LogP contribution in [0.25, 0.3) is 0 Å². The third kappa shape index (κ3) is 2.65. The third-order valence-corrected chi connectivity index (χ3v) is 4.04. The van der Waals surface area contributed by atoms with Crippen molar-refractivity contribution in [3.05, 3.63) is 23.8 Å². The second-order valence-electron chi connectivity index (χ2n) is 5.87. The standard InChI is InChI=1S/C16H20N2O3/c1-9(17-12-5-6-12)15(19)11-4-7-14-13(8-11)18(3)16(20)10(2)21-14/h4,7-10,12,17H,5-6H2,1-3H3. The summed E-state index contributed by atoms with van der Waals surface area (Å²) in [5.41, 5.74) is 1.26. The van der Waals surface area contributed by atoms with Crippen molar-refractivity contribution < 1.29 is 14.3 Å². The lowest BCUT2D eigenvalue weighted by atomic mass is 10.0. The highest BCUT2D eigenvalue weighted by atomic mass is 16.5. The molecule has 0 spiro atoms. The third-order valence-electron chi connectivity index (χ3n) is 4.04. The number of carbonyl (C=O) groups is 2. The first-order valence-corrected chi connectivity index (χ1v) is 7.36. The Hall–Kier alpha value is -1.88. The zero-order valence-electron chi connectivity index (χ0n) is 12.6. The number of Topliss-reactive ketones (excluding diaryl/α,β-unsaturated/α-hetero) is 1. The molecule has 1 fully saturated rings. The molecular formula is C16H20N2O3. The summed E-state index contributed by atoms with van der Waals surface area (Å²) in [6.45, 7) is 3.61. The van der Waals surface area contributed by atoms with E-state index in [1.54, 1.807) is 37.1 Å². The van der Waals surface area contributed by atoms with Crippen LogP contribution >= 0.6 is 0 Å². The summed E-state index contributed by atoms with van der Waals surface area (Å²) < 4.78 is 5.57. The van der Waals surface area contributed by atoms with Crippen molar-refractivity contribution in [1.82, 2.24) is 5.32 Å². The number of ether oxygens (including phenoxy) is 1. The maximum atomic E-state index is 12.4. The van der Waals surface area contributed by atoms with E-state index in [9.17, 15) is 9.59 Å². The van der Waals surface area contributed by atoms with Gasteiger partial charge in [-0.15, -0.1) is 0 Å². The Morgan fingerprint density at radius 1 is 1.43 bits per heavy atom. The molecule has 3 rings (SSSR count). The molecule has 1 aliphatic carbocycles. The molecule has 1 amide bonds. The van der Waals surface area contributed by atoms with E-state index >= 15 is 0 Å². The van der Waals surface area contributed by atoms with Crippen LogP contribution < -0.4 is 15.0 Å². The molecule has 5 nitrogen and oxygen atoms in total. The minimum Gasteiger partial charge on any atom is -0.479 e. The quantitative estimate of drug-likeness (QED) is 0.858. The van der Waals surface area contributed by atoms with Gasteiger partial charge in [-0.2, -0.15) is 0 Å². The summed E-state index contributed by atoms with van der Waals surface area (Å²) in [5.74, 6) is 0.587. The van der Waals surface area contributed by atoms with Gasteiger partial charge in [-0.25, -0.2) is 0 Å².